The molecule has 0 unspecified atom stereocenters. The van der Waals surface area contributed by atoms with Gasteiger partial charge in [-0.2, -0.15) is 0 Å². The van der Waals surface area contributed by atoms with Gasteiger partial charge >= 0.3 is 0 Å². The Balaban J connectivity index is 1.87. The Morgan fingerprint density at radius 3 is 2.56 bits per heavy atom. The largest absolute Gasteiger partial charge is 0.491 e. The molecule has 0 aliphatic rings. The number of carbonyl (C=O) groups is 2. The highest BCUT2D eigenvalue weighted by molar-refractivity contribution is 7.17. The van der Waals surface area contributed by atoms with Gasteiger partial charge in [-0.1, -0.05) is 41.9 Å². The van der Waals surface area contributed by atoms with Crippen LogP contribution in [-0.2, 0) is 4.79 Å². The topological polar surface area (TPSA) is 90.6 Å². The highest BCUT2D eigenvalue weighted by atomic mass is 35.5. The number of nitrogens with two attached hydrogens (primary N) is 1. The number of hydrogen-bond donors (Lipinski definition) is 2. The first-order chi connectivity index (χ1) is 15.3. The van der Waals surface area contributed by atoms with Gasteiger partial charge in [0.15, 0.2) is 11.5 Å². The molecule has 166 valence electrons. The minimum atomic E-state index is -0.601. The molecule has 0 saturated carbocycles. The normalized spacial score (nSPS) is 10.9. The number of halogens is 1. The summed E-state index contributed by atoms with van der Waals surface area (Å²) in [5.41, 5.74) is 8.21. The zero-order valence-electron chi connectivity index (χ0n) is 17.9. The van der Waals surface area contributed by atoms with E-state index in [4.69, 9.17) is 26.8 Å². The average molecular weight is 471 g/mol. The minimum absolute atomic E-state index is 0.298. The third-order valence-electron chi connectivity index (χ3n) is 4.59. The summed E-state index contributed by atoms with van der Waals surface area (Å²) in [5.74, 6) is -0.0854. The second-order valence-electron chi connectivity index (χ2n) is 6.76. The Bertz CT molecular complexity index is 1170. The number of methoxy groups -OCH3 is 1. The number of ether oxygens (including phenoxy) is 2. The van der Waals surface area contributed by atoms with Crippen LogP contribution in [0.1, 0.15) is 27.7 Å². The second-order valence-corrected chi connectivity index (χ2v) is 8.39. The standard InChI is InChI=1S/C24H23ClN2O4S/c1-4-31-18-13-15(12-17(25)22(18)30-3)10-11-19(28)27-24-21(23(26)29)20(14(2)32-24)16-8-6-5-7-9-16/h5-13H,4H2,1-3H3,(H2,26,29)(H,27,28)/b11-10+. The van der Waals surface area contributed by atoms with Crippen molar-refractivity contribution in [2.75, 3.05) is 19.0 Å². The van der Waals surface area contributed by atoms with Gasteiger partial charge < -0.3 is 20.5 Å². The third kappa shape index (κ3) is 5.12. The molecule has 0 bridgehead atoms. The monoisotopic (exact) mass is 470 g/mol. The second kappa shape index (κ2) is 10.3. The van der Waals surface area contributed by atoms with Crippen LogP contribution in [-0.4, -0.2) is 25.5 Å². The smallest absolute Gasteiger partial charge is 0.252 e. The Morgan fingerprint density at radius 2 is 1.94 bits per heavy atom. The van der Waals surface area contributed by atoms with Crippen molar-refractivity contribution < 1.29 is 19.1 Å². The lowest BCUT2D eigenvalue weighted by Gasteiger charge is -2.11. The number of benzene rings is 2. The minimum Gasteiger partial charge on any atom is -0.491 e. The number of anilines is 1. The fraction of sp³-hybridized carbons (Fsp3) is 0.167. The van der Waals surface area contributed by atoms with Gasteiger partial charge in [0.25, 0.3) is 5.91 Å². The first kappa shape index (κ1) is 23.4. The van der Waals surface area contributed by atoms with Gasteiger partial charge in [0, 0.05) is 16.5 Å². The maximum Gasteiger partial charge on any atom is 0.252 e. The zero-order valence-corrected chi connectivity index (χ0v) is 19.5. The molecule has 0 aliphatic carbocycles. The van der Waals surface area contributed by atoms with E-state index >= 15 is 0 Å². The summed E-state index contributed by atoms with van der Waals surface area (Å²) in [5, 5.41) is 3.55. The number of thiophene rings is 1. The van der Waals surface area contributed by atoms with Crippen LogP contribution in [0.4, 0.5) is 5.00 Å². The van der Waals surface area contributed by atoms with E-state index in [9.17, 15) is 9.59 Å². The zero-order chi connectivity index (χ0) is 23.3. The van der Waals surface area contributed by atoms with Crippen LogP contribution in [0.2, 0.25) is 5.02 Å². The molecule has 3 N–H and O–H groups in total. The van der Waals surface area contributed by atoms with Crippen LogP contribution in [0.3, 0.4) is 0 Å². The van der Waals surface area contributed by atoms with Crippen LogP contribution >= 0.6 is 22.9 Å². The Labute approximate surface area is 195 Å². The molecule has 32 heavy (non-hydrogen) atoms. The number of aryl methyl sites for hydroxylation is 1. The van der Waals surface area contributed by atoms with E-state index in [1.54, 1.807) is 18.2 Å². The van der Waals surface area contributed by atoms with Crippen LogP contribution in [0.15, 0.2) is 48.5 Å². The molecule has 0 atom stereocenters. The van der Waals surface area contributed by atoms with Crippen molar-refractivity contribution in [3.63, 3.8) is 0 Å². The van der Waals surface area contributed by atoms with Crippen molar-refractivity contribution in [1.29, 1.82) is 0 Å². The van der Waals surface area contributed by atoms with Crippen LogP contribution in [0.5, 0.6) is 11.5 Å². The molecule has 0 aliphatic heterocycles. The summed E-state index contributed by atoms with van der Waals surface area (Å²) in [6, 6.07) is 12.9. The van der Waals surface area contributed by atoms with Gasteiger partial charge in [-0.05, 0) is 43.2 Å². The number of hydrogen-bond acceptors (Lipinski definition) is 5. The molecule has 2 amide bonds. The molecule has 0 radical (unpaired) electrons. The summed E-state index contributed by atoms with van der Waals surface area (Å²) in [4.78, 5) is 25.7. The van der Waals surface area contributed by atoms with E-state index < -0.39 is 11.8 Å². The molecule has 3 aromatic rings. The van der Waals surface area contributed by atoms with E-state index in [-0.39, 0.29) is 0 Å². The molecule has 2 aromatic carbocycles. The number of amides is 2. The molecular formula is C24H23ClN2O4S. The molecule has 0 spiro atoms. The Kier molecular flexibility index (Phi) is 7.56. The van der Waals surface area contributed by atoms with Gasteiger partial charge in [-0.25, -0.2) is 0 Å². The number of nitrogens with one attached hydrogen (secondary N) is 1. The summed E-state index contributed by atoms with van der Waals surface area (Å²) in [7, 11) is 1.51. The fourth-order valence-corrected chi connectivity index (χ4v) is 4.67. The highest BCUT2D eigenvalue weighted by Gasteiger charge is 2.22. The molecule has 1 heterocycles. The quantitative estimate of drug-likeness (QED) is 0.423. The number of primary amides is 1. The fourth-order valence-electron chi connectivity index (χ4n) is 3.29. The number of rotatable bonds is 8. The van der Waals surface area contributed by atoms with Crippen molar-refractivity contribution in [2.45, 2.75) is 13.8 Å². The van der Waals surface area contributed by atoms with Crippen molar-refractivity contribution in [2.24, 2.45) is 5.73 Å². The van der Waals surface area contributed by atoms with E-state index in [2.05, 4.69) is 5.32 Å². The SMILES string of the molecule is CCOc1cc(/C=C/C(=O)Nc2sc(C)c(-c3ccccc3)c2C(N)=O)cc(Cl)c1OC. The van der Waals surface area contributed by atoms with Crippen LogP contribution in [0.25, 0.3) is 17.2 Å². The summed E-state index contributed by atoms with van der Waals surface area (Å²) in [6.07, 6.45) is 2.96. The summed E-state index contributed by atoms with van der Waals surface area (Å²) in [6.45, 7) is 4.18. The first-order valence-electron chi connectivity index (χ1n) is 9.83. The van der Waals surface area contributed by atoms with Crippen molar-refractivity contribution in [1.82, 2.24) is 0 Å². The number of carbonyl (C=O) groups excluding carboxylic acids is 2. The Morgan fingerprint density at radius 1 is 1.22 bits per heavy atom. The van der Waals surface area contributed by atoms with E-state index in [0.717, 1.165) is 16.0 Å². The maximum absolute atomic E-state index is 12.6. The van der Waals surface area contributed by atoms with Crippen molar-refractivity contribution in [3.05, 3.63) is 69.6 Å². The third-order valence-corrected chi connectivity index (χ3v) is 5.89. The molecule has 8 heteroatoms. The Hall–Kier alpha value is -3.29. The van der Waals surface area contributed by atoms with Crippen molar-refractivity contribution in [3.8, 4) is 22.6 Å². The molecule has 3 rings (SSSR count). The van der Waals surface area contributed by atoms with Gasteiger partial charge in [0.05, 0.1) is 24.3 Å². The molecule has 1 aromatic heterocycles. The maximum atomic E-state index is 12.6. The van der Waals surface area contributed by atoms with Gasteiger partial charge in [0.2, 0.25) is 5.91 Å². The predicted octanol–water partition coefficient (Wildman–Crippen LogP) is 5.54. The summed E-state index contributed by atoms with van der Waals surface area (Å²) < 4.78 is 10.8. The lowest BCUT2D eigenvalue weighted by Crippen LogP contribution is -2.16. The molecule has 0 saturated heterocycles. The van der Waals surface area contributed by atoms with Crippen molar-refractivity contribution >= 4 is 45.8 Å². The van der Waals surface area contributed by atoms with Crippen LogP contribution in [0, 0.1) is 6.92 Å². The van der Waals surface area contributed by atoms with Gasteiger partial charge in [-0.15, -0.1) is 11.3 Å². The summed E-state index contributed by atoms with van der Waals surface area (Å²) >= 11 is 7.57. The molecule has 6 nitrogen and oxygen atoms in total. The first-order valence-corrected chi connectivity index (χ1v) is 11.0. The predicted molar refractivity (Wildman–Crippen MR) is 130 cm³/mol. The van der Waals surface area contributed by atoms with E-state index in [0.29, 0.717) is 39.3 Å². The highest BCUT2D eigenvalue weighted by Crippen LogP contribution is 2.40. The van der Waals surface area contributed by atoms with E-state index in [1.165, 1.54) is 24.5 Å². The van der Waals surface area contributed by atoms with Gasteiger partial charge in [-0.3, -0.25) is 9.59 Å². The average Bonchev–Trinajstić information content (AvgIpc) is 3.08. The molecule has 0 fully saturated rings. The van der Waals surface area contributed by atoms with E-state index in [1.807, 2.05) is 44.2 Å². The lowest BCUT2D eigenvalue weighted by molar-refractivity contribution is -0.111. The molecular weight excluding hydrogens is 448 g/mol. The lowest BCUT2D eigenvalue weighted by atomic mass is 10.0. The van der Waals surface area contributed by atoms with Crippen LogP contribution < -0.4 is 20.5 Å². The van der Waals surface area contributed by atoms with Gasteiger partial charge in [0.1, 0.15) is 5.00 Å².